The Morgan fingerprint density at radius 1 is 1.23 bits per heavy atom. The van der Waals surface area contributed by atoms with Crippen molar-refractivity contribution in [1.29, 1.82) is 0 Å². The van der Waals surface area contributed by atoms with E-state index < -0.39 is 11.9 Å². The molecule has 26 heavy (non-hydrogen) atoms. The molecule has 0 aliphatic heterocycles. The minimum Gasteiger partial charge on any atom is -0.465 e. The summed E-state index contributed by atoms with van der Waals surface area (Å²) in [5.41, 5.74) is 2.20. The van der Waals surface area contributed by atoms with Gasteiger partial charge in [-0.2, -0.15) is 0 Å². The Bertz CT molecular complexity index is 1010. The lowest BCUT2D eigenvalue weighted by atomic mass is 10.2. The highest BCUT2D eigenvalue weighted by molar-refractivity contribution is 6.34. The number of carbonyl (C=O) groups excluding carboxylic acids is 2. The number of ether oxygens (including phenoxy) is 1. The zero-order valence-electron chi connectivity index (χ0n) is 14.0. The van der Waals surface area contributed by atoms with Crippen LogP contribution in [0.2, 0.25) is 10.0 Å². The van der Waals surface area contributed by atoms with Crippen LogP contribution in [0.25, 0.3) is 5.65 Å². The largest absolute Gasteiger partial charge is 0.465 e. The number of fused-ring (bicyclic) bond motifs is 1. The number of anilines is 1. The van der Waals surface area contributed by atoms with Crippen molar-refractivity contribution >= 4 is 46.4 Å². The number of nitrogens with one attached hydrogen (secondary N) is 1. The molecule has 1 aromatic carbocycles. The fourth-order valence-electron chi connectivity index (χ4n) is 2.60. The second-order valence-electron chi connectivity index (χ2n) is 5.48. The second-order valence-corrected chi connectivity index (χ2v) is 6.32. The molecule has 0 aliphatic rings. The van der Waals surface area contributed by atoms with Gasteiger partial charge in [0.1, 0.15) is 11.3 Å². The van der Waals surface area contributed by atoms with Crippen LogP contribution < -0.4 is 5.32 Å². The van der Waals surface area contributed by atoms with Gasteiger partial charge >= 0.3 is 5.97 Å². The molecule has 1 amide bonds. The maximum atomic E-state index is 12.9. The van der Waals surface area contributed by atoms with E-state index in [-0.39, 0.29) is 5.56 Å². The van der Waals surface area contributed by atoms with Crippen LogP contribution in [0, 0.1) is 0 Å². The number of amides is 1. The third kappa shape index (κ3) is 3.38. The molecule has 3 rings (SSSR count). The first-order valence-electron chi connectivity index (χ1n) is 7.80. The smallest absolute Gasteiger partial charge is 0.337 e. The van der Waals surface area contributed by atoms with Crippen LogP contribution in [0.4, 0.5) is 5.69 Å². The van der Waals surface area contributed by atoms with Gasteiger partial charge in [-0.05, 0) is 36.8 Å². The predicted octanol–water partition coefficient (Wildman–Crippen LogP) is 4.24. The Kier molecular flexibility index (Phi) is 5.15. The van der Waals surface area contributed by atoms with Crippen LogP contribution >= 0.6 is 23.2 Å². The van der Waals surface area contributed by atoms with Gasteiger partial charge < -0.3 is 10.1 Å². The SMILES string of the molecule is CCc1nc2ccc(Cl)cn2c1C(=O)Nc1cc(C(=O)OC)ccc1Cl. The van der Waals surface area contributed by atoms with Gasteiger partial charge in [0.15, 0.2) is 0 Å². The number of esters is 1. The molecule has 2 heterocycles. The summed E-state index contributed by atoms with van der Waals surface area (Å²) < 4.78 is 6.33. The Hall–Kier alpha value is -2.57. The predicted molar refractivity (Wildman–Crippen MR) is 100 cm³/mol. The van der Waals surface area contributed by atoms with Crippen molar-refractivity contribution < 1.29 is 14.3 Å². The third-order valence-corrected chi connectivity index (χ3v) is 4.39. The van der Waals surface area contributed by atoms with Crippen LogP contribution in [0.15, 0.2) is 36.5 Å². The van der Waals surface area contributed by atoms with Gasteiger partial charge in [0.05, 0.1) is 34.1 Å². The molecule has 0 radical (unpaired) electrons. The number of halogens is 2. The molecule has 0 spiro atoms. The Balaban J connectivity index is 2.02. The summed E-state index contributed by atoms with van der Waals surface area (Å²) in [6.45, 7) is 1.91. The van der Waals surface area contributed by atoms with Crippen LogP contribution in [-0.4, -0.2) is 28.4 Å². The van der Waals surface area contributed by atoms with Crippen molar-refractivity contribution in [2.24, 2.45) is 0 Å². The van der Waals surface area contributed by atoms with Crippen LogP contribution in [0.3, 0.4) is 0 Å². The number of hydrogen-bond donors (Lipinski definition) is 1. The van der Waals surface area contributed by atoms with E-state index >= 15 is 0 Å². The van der Waals surface area contributed by atoms with Gasteiger partial charge in [-0.15, -0.1) is 0 Å². The Morgan fingerprint density at radius 3 is 2.69 bits per heavy atom. The average Bonchev–Trinajstić information content (AvgIpc) is 3.00. The van der Waals surface area contributed by atoms with Gasteiger partial charge in [-0.3, -0.25) is 9.20 Å². The van der Waals surface area contributed by atoms with Crippen molar-refractivity contribution in [1.82, 2.24) is 9.38 Å². The molecule has 0 unspecified atom stereocenters. The molecule has 6 nitrogen and oxygen atoms in total. The average molecular weight is 392 g/mol. The molecule has 8 heteroatoms. The summed E-state index contributed by atoms with van der Waals surface area (Å²) in [5, 5.41) is 3.52. The molecule has 0 aliphatic carbocycles. The number of aromatic nitrogens is 2. The lowest BCUT2D eigenvalue weighted by molar-refractivity contribution is 0.0600. The summed E-state index contributed by atoms with van der Waals surface area (Å²) in [7, 11) is 1.28. The van der Waals surface area contributed by atoms with Crippen LogP contribution in [0.1, 0.15) is 33.5 Å². The molecular weight excluding hydrogens is 377 g/mol. The molecule has 0 fully saturated rings. The number of nitrogens with zero attached hydrogens (tertiary/aromatic N) is 2. The normalized spacial score (nSPS) is 10.8. The number of carbonyl (C=O) groups is 2. The number of aryl methyl sites for hydroxylation is 1. The summed E-state index contributed by atoms with van der Waals surface area (Å²) in [6.07, 6.45) is 2.20. The molecule has 0 atom stereocenters. The molecule has 0 saturated heterocycles. The standard InChI is InChI=1S/C18H15Cl2N3O3/c1-3-13-16(23-9-11(19)5-7-15(23)21-13)17(24)22-14-8-10(18(25)26-2)4-6-12(14)20/h4-9H,3H2,1-2H3,(H,22,24). The second kappa shape index (κ2) is 7.35. The van der Waals surface area contributed by atoms with Gasteiger partial charge in [0.25, 0.3) is 5.91 Å². The van der Waals surface area contributed by atoms with Crippen molar-refractivity contribution in [2.75, 3.05) is 12.4 Å². The Labute approximate surface area is 159 Å². The van der Waals surface area contributed by atoms with Crippen molar-refractivity contribution in [3.63, 3.8) is 0 Å². The topological polar surface area (TPSA) is 72.7 Å². The van der Waals surface area contributed by atoms with Gasteiger partial charge in [-0.1, -0.05) is 30.1 Å². The fraction of sp³-hybridized carbons (Fsp3) is 0.167. The van der Waals surface area contributed by atoms with Gasteiger partial charge in [0.2, 0.25) is 0 Å². The highest BCUT2D eigenvalue weighted by Gasteiger charge is 2.20. The highest BCUT2D eigenvalue weighted by Crippen LogP contribution is 2.25. The first-order chi connectivity index (χ1) is 12.4. The fourth-order valence-corrected chi connectivity index (χ4v) is 2.93. The molecule has 3 aromatic rings. The van der Waals surface area contributed by atoms with Gasteiger partial charge in [-0.25, -0.2) is 9.78 Å². The first-order valence-corrected chi connectivity index (χ1v) is 8.56. The number of imidazole rings is 1. The molecule has 2 aromatic heterocycles. The van der Waals surface area contributed by atoms with Gasteiger partial charge in [0, 0.05) is 6.20 Å². The number of pyridine rings is 1. The minimum atomic E-state index is -0.520. The number of benzene rings is 1. The maximum absolute atomic E-state index is 12.9. The van der Waals surface area contributed by atoms with Crippen molar-refractivity contribution in [3.05, 3.63) is 63.5 Å². The third-order valence-electron chi connectivity index (χ3n) is 3.84. The summed E-state index contributed by atoms with van der Waals surface area (Å²) in [6, 6.07) is 7.96. The van der Waals surface area contributed by atoms with Crippen molar-refractivity contribution in [3.8, 4) is 0 Å². The number of rotatable bonds is 4. The molecular formula is C18H15Cl2N3O3. The summed E-state index contributed by atoms with van der Waals surface area (Å²) in [5.74, 6) is -0.923. The first kappa shape index (κ1) is 18.2. The lowest BCUT2D eigenvalue weighted by Gasteiger charge is -2.10. The number of methoxy groups -OCH3 is 1. The summed E-state index contributed by atoms with van der Waals surface area (Å²) in [4.78, 5) is 29.0. The molecule has 0 bridgehead atoms. The van der Waals surface area contributed by atoms with E-state index in [1.165, 1.54) is 25.3 Å². The van der Waals surface area contributed by atoms with E-state index in [1.807, 2.05) is 6.92 Å². The van der Waals surface area contributed by atoms with Crippen molar-refractivity contribution in [2.45, 2.75) is 13.3 Å². The van der Waals surface area contributed by atoms with E-state index in [2.05, 4.69) is 10.3 Å². The molecule has 134 valence electrons. The zero-order chi connectivity index (χ0) is 18.8. The lowest BCUT2D eigenvalue weighted by Crippen LogP contribution is -2.17. The number of hydrogen-bond acceptors (Lipinski definition) is 4. The molecule has 0 saturated carbocycles. The zero-order valence-corrected chi connectivity index (χ0v) is 15.6. The van der Waals surface area contributed by atoms with Crippen LogP contribution in [-0.2, 0) is 11.2 Å². The minimum absolute atomic E-state index is 0.282. The Morgan fingerprint density at radius 2 is 2.00 bits per heavy atom. The monoisotopic (exact) mass is 391 g/mol. The van der Waals surface area contributed by atoms with E-state index in [4.69, 9.17) is 27.9 Å². The van der Waals surface area contributed by atoms with Crippen LogP contribution in [0.5, 0.6) is 0 Å². The maximum Gasteiger partial charge on any atom is 0.337 e. The quantitative estimate of drug-likeness (QED) is 0.674. The van der Waals surface area contributed by atoms with E-state index in [0.717, 1.165) is 0 Å². The molecule has 1 N–H and O–H groups in total. The highest BCUT2D eigenvalue weighted by atomic mass is 35.5. The summed E-state index contributed by atoms with van der Waals surface area (Å²) >= 11 is 12.2. The van der Waals surface area contributed by atoms with E-state index in [1.54, 1.807) is 22.7 Å². The van der Waals surface area contributed by atoms with E-state index in [0.29, 0.717) is 39.2 Å². The van der Waals surface area contributed by atoms with E-state index in [9.17, 15) is 9.59 Å².